The molecule has 0 aliphatic carbocycles. The fraction of sp³-hybridized carbons (Fsp3) is 0.529. The van der Waals surface area contributed by atoms with Gasteiger partial charge in [0.25, 0.3) is 5.56 Å². The summed E-state index contributed by atoms with van der Waals surface area (Å²) >= 11 is 0. The monoisotopic (exact) mass is 405 g/mol. The summed E-state index contributed by atoms with van der Waals surface area (Å²) in [4.78, 5) is 29.8. The lowest BCUT2D eigenvalue weighted by atomic mass is 10.1. The first kappa shape index (κ1) is 19.5. The lowest BCUT2D eigenvalue weighted by Crippen LogP contribution is -2.35. The number of rotatable bonds is 8. The van der Waals surface area contributed by atoms with Crippen LogP contribution in [0.4, 0.5) is 5.95 Å². The van der Waals surface area contributed by atoms with Crippen molar-refractivity contribution in [1.82, 2.24) is 29.5 Å². The van der Waals surface area contributed by atoms with Gasteiger partial charge in [-0.15, -0.1) is 0 Å². The van der Waals surface area contributed by atoms with Crippen molar-refractivity contribution in [2.24, 2.45) is 0 Å². The lowest BCUT2D eigenvalue weighted by molar-refractivity contribution is -0.0710. The highest BCUT2D eigenvalue weighted by Gasteiger charge is 2.45. The van der Waals surface area contributed by atoms with Crippen molar-refractivity contribution >= 4 is 17.1 Å². The number of anilines is 1. The van der Waals surface area contributed by atoms with Crippen molar-refractivity contribution in [3.05, 3.63) is 34.9 Å². The topological polar surface area (TPSA) is 177 Å². The van der Waals surface area contributed by atoms with Crippen molar-refractivity contribution in [3.8, 4) is 0 Å². The first-order valence-corrected chi connectivity index (χ1v) is 9.35. The zero-order valence-corrected chi connectivity index (χ0v) is 15.6. The van der Waals surface area contributed by atoms with E-state index in [1.807, 2.05) is 0 Å². The zero-order chi connectivity index (χ0) is 20.4. The van der Waals surface area contributed by atoms with E-state index in [0.717, 1.165) is 25.1 Å². The van der Waals surface area contributed by atoms with Crippen LogP contribution in [0.2, 0.25) is 0 Å². The maximum atomic E-state index is 12.0. The third kappa shape index (κ3) is 3.87. The molecule has 156 valence electrons. The number of aromatic nitrogens is 6. The number of nitrogen functional groups attached to an aromatic ring is 1. The number of nitrogens with two attached hydrogens (primary N) is 1. The van der Waals surface area contributed by atoms with E-state index >= 15 is 0 Å². The number of H-pyrrole nitrogens is 2. The van der Waals surface area contributed by atoms with Crippen molar-refractivity contribution < 1.29 is 19.7 Å². The van der Waals surface area contributed by atoms with Gasteiger partial charge in [0.05, 0.1) is 12.9 Å². The Labute approximate surface area is 164 Å². The van der Waals surface area contributed by atoms with Crippen molar-refractivity contribution in [2.45, 2.75) is 43.8 Å². The minimum atomic E-state index is -1.05. The molecule has 1 aliphatic rings. The average Bonchev–Trinajstić information content (AvgIpc) is 3.41. The zero-order valence-electron chi connectivity index (χ0n) is 15.6. The van der Waals surface area contributed by atoms with E-state index in [2.05, 4.69) is 24.9 Å². The Morgan fingerprint density at radius 2 is 2.21 bits per heavy atom. The molecule has 1 saturated heterocycles. The van der Waals surface area contributed by atoms with Crippen LogP contribution in [0.15, 0.2) is 23.5 Å². The second-order valence-electron chi connectivity index (χ2n) is 6.84. The number of aromatic amines is 2. The van der Waals surface area contributed by atoms with E-state index in [9.17, 15) is 15.0 Å². The van der Waals surface area contributed by atoms with Gasteiger partial charge in [-0.1, -0.05) is 0 Å². The molecule has 0 bridgehead atoms. The molecule has 29 heavy (non-hydrogen) atoms. The number of unbranched alkanes of at least 4 members (excludes halogenated alkanes) is 1. The molecule has 4 rings (SSSR count). The molecule has 0 spiro atoms. The molecular formula is C17H23N7O5. The molecule has 0 saturated carbocycles. The molecule has 0 radical (unpaired) electrons. The van der Waals surface area contributed by atoms with E-state index in [-0.39, 0.29) is 23.7 Å². The molecule has 12 nitrogen and oxygen atoms in total. The maximum Gasteiger partial charge on any atom is 0.280 e. The highest BCUT2D eigenvalue weighted by molar-refractivity contribution is 5.70. The molecule has 3 aromatic heterocycles. The second-order valence-corrected chi connectivity index (χ2v) is 6.84. The Bertz CT molecular complexity index is 1000. The van der Waals surface area contributed by atoms with Gasteiger partial charge in [-0.05, 0) is 12.8 Å². The van der Waals surface area contributed by atoms with Crippen LogP contribution in [0.1, 0.15) is 24.9 Å². The number of imidazole rings is 2. The molecule has 3 aromatic rings. The highest BCUT2D eigenvalue weighted by atomic mass is 16.6. The van der Waals surface area contributed by atoms with Crippen LogP contribution in [0.3, 0.4) is 0 Å². The lowest BCUT2D eigenvalue weighted by Gasteiger charge is -2.22. The summed E-state index contributed by atoms with van der Waals surface area (Å²) in [6.45, 7) is 0.00201. The predicted octanol–water partition coefficient (Wildman–Crippen LogP) is -0.916. The second kappa shape index (κ2) is 8.29. The van der Waals surface area contributed by atoms with Crippen LogP contribution < -0.4 is 11.3 Å². The number of nitrogens with one attached hydrogen (secondary N) is 2. The number of aliphatic hydroxyl groups excluding tert-OH is 2. The maximum absolute atomic E-state index is 12.0. The number of aliphatic hydroxyl groups is 2. The van der Waals surface area contributed by atoms with Gasteiger partial charge in [0.15, 0.2) is 17.4 Å². The molecule has 1 fully saturated rings. The van der Waals surface area contributed by atoms with Gasteiger partial charge >= 0.3 is 0 Å². The normalized spacial score (nSPS) is 24.5. The van der Waals surface area contributed by atoms with Crippen LogP contribution in [0.25, 0.3) is 11.2 Å². The highest BCUT2D eigenvalue weighted by Crippen LogP contribution is 2.33. The summed E-state index contributed by atoms with van der Waals surface area (Å²) in [5, 5.41) is 20.1. The minimum Gasteiger partial charge on any atom is -0.394 e. The average molecular weight is 405 g/mol. The molecule has 4 heterocycles. The van der Waals surface area contributed by atoms with Gasteiger partial charge in [-0.3, -0.25) is 14.3 Å². The predicted molar refractivity (Wildman–Crippen MR) is 101 cm³/mol. The number of hydrogen-bond acceptors (Lipinski definition) is 9. The number of ether oxygens (including phenoxy) is 2. The van der Waals surface area contributed by atoms with Crippen LogP contribution in [-0.4, -0.2) is 71.2 Å². The fourth-order valence-electron chi connectivity index (χ4n) is 3.45. The Morgan fingerprint density at radius 3 is 2.97 bits per heavy atom. The van der Waals surface area contributed by atoms with E-state index in [1.54, 1.807) is 12.4 Å². The fourth-order valence-corrected chi connectivity index (χ4v) is 3.45. The quantitative estimate of drug-likeness (QED) is 0.297. The first-order valence-electron chi connectivity index (χ1n) is 9.35. The van der Waals surface area contributed by atoms with Crippen molar-refractivity contribution in [1.29, 1.82) is 0 Å². The summed E-state index contributed by atoms with van der Waals surface area (Å²) < 4.78 is 13.2. The minimum absolute atomic E-state index is 0.0584. The molecular weight excluding hydrogens is 382 g/mol. The van der Waals surface area contributed by atoms with Gasteiger partial charge in [-0.25, -0.2) is 9.97 Å². The van der Waals surface area contributed by atoms with Crippen molar-refractivity contribution in [3.63, 3.8) is 0 Å². The molecule has 12 heteroatoms. The molecule has 6 N–H and O–H groups in total. The van der Waals surface area contributed by atoms with Crippen LogP contribution in [0, 0.1) is 0 Å². The number of nitrogens with zero attached hydrogens (tertiary/aromatic N) is 4. The van der Waals surface area contributed by atoms with E-state index in [4.69, 9.17) is 15.2 Å². The Morgan fingerprint density at radius 1 is 1.34 bits per heavy atom. The smallest absolute Gasteiger partial charge is 0.280 e. The van der Waals surface area contributed by atoms with Gasteiger partial charge in [0.2, 0.25) is 5.95 Å². The van der Waals surface area contributed by atoms with E-state index in [0.29, 0.717) is 6.61 Å². The van der Waals surface area contributed by atoms with Crippen LogP contribution in [-0.2, 0) is 15.9 Å². The number of fused-ring (bicyclic) bond motifs is 1. The first-order chi connectivity index (χ1) is 14.1. The Hall–Kier alpha value is -2.80. The SMILES string of the molecule is Nc1nc2c(ncn2[C@@H]2O[C@H](CO)[C@@H](O)[C@H]2OCCCCc2ncc[nH]2)c(=O)[nH]1. The summed E-state index contributed by atoms with van der Waals surface area (Å²) in [6, 6.07) is 0. The summed E-state index contributed by atoms with van der Waals surface area (Å²) in [5.74, 6) is 0.850. The largest absolute Gasteiger partial charge is 0.394 e. The molecule has 1 aliphatic heterocycles. The summed E-state index contributed by atoms with van der Waals surface area (Å²) in [7, 11) is 0. The van der Waals surface area contributed by atoms with Gasteiger partial charge in [-0.2, -0.15) is 4.98 Å². The third-order valence-electron chi connectivity index (χ3n) is 4.89. The van der Waals surface area contributed by atoms with E-state index in [1.165, 1.54) is 10.9 Å². The Balaban J connectivity index is 1.48. The van der Waals surface area contributed by atoms with Crippen LogP contribution in [0.5, 0.6) is 0 Å². The molecule has 0 unspecified atom stereocenters. The van der Waals surface area contributed by atoms with E-state index < -0.39 is 30.1 Å². The van der Waals surface area contributed by atoms with Crippen molar-refractivity contribution in [2.75, 3.05) is 18.9 Å². The number of aryl methyl sites for hydroxylation is 1. The summed E-state index contributed by atoms with van der Waals surface area (Å²) in [6.07, 6.45) is 3.80. The van der Waals surface area contributed by atoms with Gasteiger partial charge < -0.3 is 30.4 Å². The molecule has 0 amide bonds. The van der Waals surface area contributed by atoms with Crippen LogP contribution >= 0.6 is 0 Å². The molecule has 0 aromatic carbocycles. The van der Waals surface area contributed by atoms with Gasteiger partial charge in [0, 0.05) is 25.4 Å². The molecule has 4 atom stereocenters. The third-order valence-corrected chi connectivity index (χ3v) is 4.89. The number of hydrogen-bond donors (Lipinski definition) is 5. The van der Waals surface area contributed by atoms with Gasteiger partial charge in [0.1, 0.15) is 24.1 Å². The Kier molecular flexibility index (Phi) is 5.58. The summed E-state index contributed by atoms with van der Waals surface area (Å²) in [5.41, 5.74) is 5.49. The standard InChI is InChI=1S/C17H23N7O5/c18-17-22-14-11(15(27)23-17)21-8-24(14)16-13(12(26)9(7-25)29-16)28-6-2-1-3-10-19-4-5-20-10/h4-5,8-9,12-13,16,25-26H,1-3,6-7H2,(H,19,20)(H3,18,22,23,27)/t9-,12-,13-,16-/m1/s1.